The molecule has 8 rings (SSSR count). The molecule has 0 fully saturated rings. The van der Waals surface area contributed by atoms with Crippen LogP contribution in [0.4, 0.5) is 0 Å². The first-order valence-electron chi connectivity index (χ1n) is 25.8. The minimum atomic E-state index is -0.826. The van der Waals surface area contributed by atoms with Crippen molar-refractivity contribution in [2.45, 2.75) is 170 Å². The summed E-state index contributed by atoms with van der Waals surface area (Å²) in [6, 6.07) is 54.9. The maximum absolute atomic E-state index is 4.93. The zero-order valence-corrected chi connectivity index (χ0v) is 52.6. The number of rotatable bonds is 4. The molecule has 0 saturated heterocycles. The molecule has 0 aromatic heterocycles. The SMILES string of the molecule is CC(C)(C)c1cc(-c2c(C(C)(C)C)ccc3[cH-]c(-c4ccccc4)cc23)cc(C(C)(C)C)c1.CC(C)(C)c1cc(-c2c(C(C)(C)C)ccc3[cH-]c(-c4ccccc4)cc23)cc(C(C)(C)C)c1.C[Si]C.[Cl][Zr+2][Cl]. The summed E-state index contributed by atoms with van der Waals surface area (Å²) in [5.41, 5.74) is 19.5. The summed E-state index contributed by atoms with van der Waals surface area (Å²) in [7, 11) is 11.0. The molecule has 0 spiro atoms. The number of benzene rings is 6. The summed E-state index contributed by atoms with van der Waals surface area (Å²) in [4.78, 5) is 0. The van der Waals surface area contributed by atoms with Gasteiger partial charge >= 0.3 is 37.9 Å². The monoisotopic (exact) mass is 1090 g/mol. The molecule has 0 N–H and O–H groups in total. The Bertz CT molecular complexity index is 2760. The number of hydrogen-bond acceptors (Lipinski definition) is 0. The van der Waals surface area contributed by atoms with Gasteiger partial charge in [-0.3, -0.25) is 0 Å². The van der Waals surface area contributed by atoms with Gasteiger partial charge in [0, 0.05) is 9.52 Å². The number of hydrogen-bond donors (Lipinski definition) is 0. The van der Waals surface area contributed by atoms with E-state index in [-0.39, 0.29) is 32.5 Å². The maximum atomic E-state index is 4.93. The Labute approximate surface area is 459 Å². The molecular formula is C68H84Cl2SiZr. The van der Waals surface area contributed by atoms with Crippen LogP contribution < -0.4 is 0 Å². The Morgan fingerprint density at radius 1 is 0.347 bits per heavy atom. The van der Waals surface area contributed by atoms with Gasteiger partial charge in [-0.15, -0.1) is 69.1 Å². The van der Waals surface area contributed by atoms with Crippen molar-refractivity contribution >= 4 is 48.1 Å². The van der Waals surface area contributed by atoms with Crippen LogP contribution >= 0.6 is 17.0 Å². The fourth-order valence-electron chi connectivity index (χ4n) is 9.31. The molecule has 0 bridgehead atoms. The zero-order valence-electron chi connectivity index (χ0n) is 47.6. The quantitative estimate of drug-likeness (QED) is 0.122. The van der Waals surface area contributed by atoms with Crippen molar-refractivity contribution in [2.75, 3.05) is 0 Å². The normalized spacial score (nSPS) is 12.3. The zero-order chi connectivity index (χ0) is 53.8. The molecule has 4 heteroatoms. The first-order valence-corrected chi connectivity index (χ1v) is 34.1. The van der Waals surface area contributed by atoms with Crippen LogP contribution in [0.25, 0.3) is 66.1 Å². The molecule has 0 atom stereocenters. The first-order chi connectivity index (χ1) is 33.3. The summed E-state index contributed by atoms with van der Waals surface area (Å²) < 4.78 is 0. The molecule has 378 valence electrons. The molecule has 8 aromatic carbocycles. The fourth-order valence-corrected chi connectivity index (χ4v) is 9.31. The summed E-state index contributed by atoms with van der Waals surface area (Å²) in [6.45, 7) is 46.1. The second-order valence-electron chi connectivity index (χ2n) is 25.9. The van der Waals surface area contributed by atoms with E-state index in [1.165, 1.54) is 99.4 Å². The third-order valence-corrected chi connectivity index (χ3v) is 13.5. The Balaban J connectivity index is 0.000000241. The van der Waals surface area contributed by atoms with Gasteiger partial charge in [-0.1, -0.05) is 258 Å². The van der Waals surface area contributed by atoms with E-state index in [2.05, 4.69) is 283 Å². The number of fused-ring (bicyclic) bond motifs is 2. The van der Waals surface area contributed by atoms with Crippen LogP contribution in [0.1, 0.15) is 158 Å². The van der Waals surface area contributed by atoms with Gasteiger partial charge in [-0.2, -0.15) is 0 Å². The molecule has 0 unspecified atom stereocenters. The Morgan fingerprint density at radius 3 is 0.847 bits per heavy atom. The van der Waals surface area contributed by atoms with Crippen molar-refractivity contribution in [3.05, 3.63) is 179 Å². The van der Waals surface area contributed by atoms with Gasteiger partial charge in [0.25, 0.3) is 0 Å². The summed E-state index contributed by atoms with van der Waals surface area (Å²) in [6.07, 6.45) is 0. The molecule has 0 amide bonds. The van der Waals surface area contributed by atoms with Crippen molar-refractivity contribution in [3.8, 4) is 44.5 Å². The van der Waals surface area contributed by atoms with Gasteiger partial charge in [-0.05, 0) is 88.1 Å². The van der Waals surface area contributed by atoms with E-state index in [4.69, 9.17) is 17.0 Å². The van der Waals surface area contributed by atoms with Crippen LogP contribution in [-0.4, -0.2) is 9.52 Å². The molecular weight excluding hydrogens is 1010 g/mol. The van der Waals surface area contributed by atoms with E-state index in [9.17, 15) is 0 Å². The summed E-state index contributed by atoms with van der Waals surface area (Å²) in [5, 5.41) is 5.34. The predicted molar refractivity (Wildman–Crippen MR) is 322 cm³/mol. The molecule has 0 aliphatic rings. The van der Waals surface area contributed by atoms with Gasteiger partial charge in [0.05, 0.1) is 0 Å². The fraction of sp³-hybridized carbons (Fsp3) is 0.382. The standard InChI is InChI=1S/2C33H39.C2H6Si.2ClH.Zr/c2*1-31(2,3)26-18-25(19-27(21-26)32(4,5)6)30-28-20-24(22-13-11-10-12-14-22)17-23(28)15-16-29(30)33(7,8)9;1-3-2;;;/h2*10-21H,1-9H3;1-2H3;2*1H;/q2*-1;;;;+4/p-2. The Kier molecular flexibility index (Phi) is 19.2. The average Bonchev–Trinajstić information content (AvgIpc) is 3.93. The van der Waals surface area contributed by atoms with Crippen molar-refractivity contribution < 1.29 is 20.8 Å². The van der Waals surface area contributed by atoms with Crippen LogP contribution in [0.3, 0.4) is 0 Å². The molecule has 2 radical (unpaired) electrons. The van der Waals surface area contributed by atoms with Gasteiger partial charge in [-0.25, -0.2) is 0 Å². The molecule has 72 heavy (non-hydrogen) atoms. The van der Waals surface area contributed by atoms with E-state index >= 15 is 0 Å². The molecule has 0 aliphatic heterocycles. The van der Waals surface area contributed by atoms with Crippen molar-refractivity contribution in [1.82, 2.24) is 0 Å². The first kappa shape index (κ1) is 59.1. The second kappa shape index (κ2) is 23.4. The van der Waals surface area contributed by atoms with Crippen LogP contribution in [0.15, 0.2) is 146 Å². The minimum absolute atomic E-state index is 0.0489. The third kappa shape index (κ3) is 14.7. The number of halogens is 2. The molecule has 0 nitrogen and oxygen atoms in total. The van der Waals surface area contributed by atoms with Crippen LogP contribution in [0.5, 0.6) is 0 Å². The predicted octanol–water partition coefficient (Wildman–Crippen LogP) is 21.7. The average molecular weight is 1090 g/mol. The van der Waals surface area contributed by atoms with Crippen LogP contribution in [0, 0.1) is 0 Å². The van der Waals surface area contributed by atoms with E-state index < -0.39 is 20.8 Å². The second-order valence-corrected chi connectivity index (χ2v) is 30.6. The van der Waals surface area contributed by atoms with E-state index in [1.807, 2.05) is 0 Å². The molecule has 8 aromatic rings. The third-order valence-electron chi connectivity index (χ3n) is 13.5. The van der Waals surface area contributed by atoms with Gasteiger partial charge < -0.3 is 0 Å². The van der Waals surface area contributed by atoms with E-state index in [1.54, 1.807) is 0 Å². The van der Waals surface area contributed by atoms with Crippen LogP contribution in [-0.2, 0) is 53.3 Å². The van der Waals surface area contributed by atoms with Crippen molar-refractivity contribution in [3.63, 3.8) is 0 Å². The van der Waals surface area contributed by atoms with E-state index in [0.717, 1.165) is 9.52 Å². The summed E-state index contributed by atoms with van der Waals surface area (Å²) in [5.74, 6) is 0. The van der Waals surface area contributed by atoms with Gasteiger partial charge in [0.2, 0.25) is 0 Å². The molecule has 0 saturated carbocycles. The Hall–Kier alpha value is -3.78. The van der Waals surface area contributed by atoms with E-state index in [0.29, 0.717) is 0 Å². The Morgan fingerprint density at radius 2 is 0.611 bits per heavy atom. The molecule has 0 aliphatic carbocycles. The van der Waals surface area contributed by atoms with Crippen LogP contribution in [0.2, 0.25) is 13.1 Å². The topological polar surface area (TPSA) is 0 Å². The van der Waals surface area contributed by atoms with Crippen molar-refractivity contribution in [2.24, 2.45) is 0 Å². The van der Waals surface area contributed by atoms with Crippen molar-refractivity contribution in [1.29, 1.82) is 0 Å². The molecule has 0 heterocycles. The van der Waals surface area contributed by atoms with Gasteiger partial charge in [0.15, 0.2) is 0 Å². The summed E-state index contributed by atoms with van der Waals surface area (Å²) >= 11 is -0.826. The van der Waals surface area contributed by atoms with Gasteiger partial charge in [0.1, 0.15) is 0 Å².